The van der Waals surface area contributed by atoms with Gasteiger partial charge in [-0.1, -0.05) is 18.9 Å². The van der Waals surface area contributed by atoms with Crippen LogP contribution in [0.25, 0.3) is 0 Å². The van der Waals surface area contributed by atoms with Crippen LogP contribution in [0.3, 0.4) is 0 Å². The molecule has 1 aliphatic heterocycles. The van der Waals surface area contributed by atoms with Crippen molar-refractivity contribution in [2.75, 3.05) is 18.4 Å². The average Bonchev–Trinajstić information content (AvgIpc) is 2.91. The highest BCUT2D eigenvalue weighted by Crippen LogP contribution is 2.19. The predicted molar refractivity (Wildman–Crippen MR) is 108 cm³/mol. The highest BCUT2D eigenvalue weighted by Gasteiger charge is 2.18. The van der Waals surface area contributed by atoms with Gasteiger partial charge in [-0.2, -0.15) is 0 Å². The summed E-state index contributed by atoms with van der Waals surface area (Å²) in [6.07, 6.45) is 4.48. The lowest BCUT2D eigenvalue weighted by molar-refractivity contribution is 0.0761. The molecule has 27 heavy (non-hydrogen) atoms. The molecule has 0 bridgehead atoms. The summed E-state index contributed by atoms with van der Waals surface area (Å²) in [6, 6.07) is 6.65. The third-order valence-electron chi connectivity index (χ3n) is 4.62. The first-order chi connectivity index (χ1) is 13.0. The molecule has 2 N–H and O–H groups in total. The first-order valence-corrected chi connectivity index (χ1v) is 10.3. The van der Waals surface area contributed by atoms with E-state index in [4.69, 9.17) is 0 Å². The largest absolute Gasteiger partial charge is 0.339 e. The minimum atomic E-state index is -0.310. The first kappa shape index (κ1) is 19.4. The molecule has 0 aliphatic carbocycles. The van der Waals surface area contributed by atoms with Crippen LogP contribution in [-0.2, 0) is 0 Å². The van der Waals surface area contributed by atoms with Crippen LogP contribution in [-0.4, -0.2) is 34.9 Å². The monoisotopic (exact) mass is 386 g/mol. The number of benzene rings is 1. The van der Waals surface area contributed by atoms with Crippen molar-refractivity contribution in [3.8, 4) is 0 Å². The molecular weight excluding hydrogens is 360 g/mol. The molecule has 1 aromatic carbocycles. The second-order valence-corrected chi connectivity index (χ2v) is 7.82. The summed E-state index contributed by atoms with van der Waals surface area (Å²) in [7, 11) is 0. The van der Waals surface area contributed by atoms with Gasteiger partial charge in [0.05, 0.1) is 6.04 Å². The Hall–Kier alpha value is -2.41. The highest BCUT2D eigenvalue weighted by atomic mass is 32.1. The van der Waals surface area contributed by atoms with E-state index >= 15 is 0 Å². The number of aryl methyl sites for hydroxylation is 1. The average molecular weight is 387 g/mol. The molecule has 2 aromatic rings. The fraction of sp³-hybridized carbons (Fsp3) is 0.450. The Morgan fingerprint density at radius 1 is 1.19 bits per heavy atom. The minimum absolute atomic E-state index is 0.0348. The number of thiazole rings is 1. The Morgan fingerprint density at radius 3 is 2.59 bits per heavy atom. The van der Waals surface area contributed by atoms with E-state index in [0.29, 0.717) is 11.3 Å². The number of hydrogen-bond donors (Lipinski definition) is 2. The van der Waals surface area contributed by atoms with Gasteiger partial charge < -0.3 is 15.5 Å². The summed E-state index contributed by atoms with van der Waals surface area (Å²) in [5.74, 6) is 0.0348. The van der Waals surface area contributed by atoms with Crippen molar-refractivity contribution in [3.63, 3.8) is 0 Å². The van der Waals surface area contributed by atoms with Crippen LogP contribution >= 0.6 is 11.3 Å². The molecule has 0 unspecified atom stereocenters. The second kappa shape index (κ2) is 8.99. The number of likely N-dealkylation sites (tertiary alicyclic amines) is 1. The third kappa shape index (κ3) is 5.29. The maximum Gasteiger partial charge on any atom is 0.319 e. The molecular formula is C20H26N4O2S. The molecule has 1 atom stereocenters. The van der Waals surface area contributed by atoms with E-state index in [1.807, 2.05) is 24.1 Å². The van der Waals surface area contributed by atoms with Crippen LogP contribution in [0.2, 0.25) is 0 Å². The van der Waals surface area contributed by atoms with E-state index in [-0.39, 0.29) is 18.0 Å². The van der Waals surface area contributed by atoms with Crippen molar-refractivity contribution in [2.24, 2.45) is 0 Å². The molecule has 1 aromatic heterocycles. The van der Waals surface area contributed by atoms with Gasteiger partial charge in [-0.3, -0.25) is 4.79 Å². The lowest BCUT2D eigenvalue weighted by Crippen LogP contribution is -2.32. The molecule has 7 heteroatoms. The minimum Gasteiger partial charge on any atom is -0.339 e. The van der Waals surface area contributed by atoms with Crippen LogP contribution in [0, 0.1) is 6.92 Å². The smallest absolute Gasteiger partial charge is 0.319 e. The summed E-state index contributed by atoms with van der Waals surface area (Å²) in [4.78, 5) is 31.3. The van der Waals surface area contributed by atoms with Crippen LogP contribution in [0.5, 0.6) is 0 Å². The fourth-order valence-electron chi connectivity index (χ4n) is 3.18. The topological polar surface area (TPSA) is 74.3 Å². The normalized spacial score (nSPS) is 15.7. The molecule has 0 radical (unpaired) electrons. The van der Waals surface area contributed by atoms with Crippen molar-refractivity contribution in [2.45, 2.75) is 45.6 Å². The van der Waals surface area contributed by atoms with Crippen LogP contribution in [0.1, 0.15) is 59.7 Å². The van der Waals surface area contributed by atoms with E-state index in [2.05, 4.69) is 15.6 Å². The summed E-state index contributed by atoms with van der Waals surface area (Å²) >= 11 is 1.53. The lowest BCUT2D eigenvalue weighted by Gasteiger charge is -2.20. The maximum atomic E-state index is 12.7. The number of aromatic nitrogens is 1. The Balaban J connectivity index is 1.61. The molecule has 2 heterocycles. The zero-order valence-corrected chi connectivity index (χ0v) is 16.6. The Kier molecular flexibility index (Phi) is 6.45. The van der Waals surface area contributed by atoms with Crippen molar-refractivity contribution in [1.82, 2.24) is 15.2 Å². The number of nitrogens with zero attached hydrogens (tertiary/aromatic N) is 2. The number of nitrogens with one attached hydrogen (secondary N) is 2. The Bertz CT molecular complexity index is 797. The number of rotatable bonds is 4. The molecule has 3 amide bonds. The molecule has 1 saturated heterocycles. The standard InChI is InChI=1S/C20H26N4O2S/c1-14-13-27-18(21-14)15(2)22-20(26)23-17-9-7-8-16(12-17)19(25)24-10-5-3-4-6-11-24/h7-9,12-13,15H,3-6,10-11H2,1-2H3,(H2,22,23,26)/t15-/m1/s1. The van der Waals surface area contributed by atoms with Gasteiger partial charge in [0.25, 0.3) is 5.91 Å². The third-order valence-corrected chi connectivity index (χ3v) is 5.76. The summed E-state index contributed by atoms with van der Waals surface area (Å²) < 4.78 is 0. The summed E-state index contributed by atoms with van der Waals surface area (Å²) in [5, 5.41) is 8.53. The van der Waals surface area contributed by atoms with E-state index in [1.165, 1.54) is 24.2 Å². The van der Waals surface area contributed by atoms with Crippen molar-refractivity contribution in [3.05, 3.63) is 45.9 Å². The van der Waals surface area contributed by atoms with Crippen LogP contribution < -0.4 is 10.6 Å². The van der Waals surface area contributed by atoms with Crippen molar-refractivity contribution >= 4 is 29.0 Å². The van der Waals surface area contributed by atoms with E-state index in [9.17, 15) is 9.59 Å². The molecule has 3 rings (SSSR count). The lowest BCUT2D eigenvalue weighted by atomic mass is 10.1. The second-order valence-electron chi connectivity index (χ2n) is 6.93. The van der Waals surface area contributed by atoms with Gasteiger partial charge >= 0.3 is 6.03 Å². The Morgan fingerprint density at radius 2 is 1.93 bits per heavy atom. The molecule has 144 valence electrons. The van der Waals surface area contributed by atoms with Gasteiger partial charge in [0, 0.05) is 35.4 Å². The van der Waals surface area contributed by atoms with Gasteiger partial charge in [-0.05, 0) is 44.9 Å². The van der Waals surface area contributed by atoms with Gasteiger partial charge in [-0.25, -0.2) is 9.78 Å². The maximum absolute atomic E-state index is 12.7. The summed E-state index contributed by atoms with van der Waals surface area (Å²) in [6.45, 7) is 5.44. The molecule has 1 fully saturated rings. The number of carbonyl (C=O) groups excluding carboxylic acids is 2. The van der Waals surface area contributed by atoms with Crippen molar-refractivity contribution < 1.29 is 9.59 Å². The number of hydrogen-bond acceptors (Lipinski definition) is 4. The SMILES string of the molecule is Cc1csc([C@@H](C)NC(=O)Nc2cccc(C(=O)N3CCCCCC3)c2)n1. The summed E-state index contributed by atoms with van der Waals surface area (Å²) in [5.41, 5.74) is 2.16. The molecule has 1 aliphatic rings. The van der Waals surface area contributed by atoms with Gasteiger partial charge in [0.1, 0.15) is 5.01 Å². The van der Waals surface area contributed by atoms with Gasteiger partial charge in [0.2, 0.25) is 0 Å². The van der Waals surface area contributed by atoms with E-state index < -0.39 is 0 Å². The number of urea groups is 1. The first-order valence-electron chi connectivity index (χ1n) is 9.42. The number of amides is 3. The van der Waals surface area contributed by atoms with E-state index in [1.54, 1.807) is 24.3 Å². The zero-order chi connectivity index (χ0) is 19.2. The predicted octanol–water partition coefficient (Wildman–Crippen LogP) is 4.35. The Labute approximate surface area is 164 Å². The van der Waals surface area contributed by atoms with Gasteiger partial charge in [-0.15, -0.1) is 11.3 Å². The van der Waals surface area contributed by atoms with Crippen LogP contribution in [0.15, 0.2) is 29.6 Å². The highest BCUT2D eigenvalue weighted by molar-refractivity contribution is 7.09. The van der Waals surface area contributed by atoms with Crippen molar-refractivity contribution in [1.29, 1.82) is 0 Å². The zero-order valence-electron chi connectivity index (χ0n) is 15.8. The van der Waals surface area contributed by atoms with Gasteiger partial charge in [0.15, 0.2) is 0 Å². The molecule has 0 spiro atoms. The molecule has 6 nitrogen and oxygen atoms in total. The number of anilines is 1. The fourth-order valence-corrected chi connectivity index (χ4v) is 3.99. The number of carbonyl (C=O) groups is 2. The quantitative estimate of drug-likeness (QED) is 0.820. The van der Waals surface area contributed by atoms with Crippen LogP contribution in [0.4, 0.5) is 10.5 Å². The van der Waals surface area contributed by atoms with E-state index in [0.717, 1.165) is 36.6 Å². The molecule has 0 saturated carbocycles.